The third-order valence-electron chi connectivity index (χ3n) is 3.96. The molecule has 0 aromatic heterocycles. The molecular weight excluding hydrogens is 214 g/mol. The van der Waals surface area contributed by atoms with E-state index in [-0.39, 0.29) is 23.6 Å². The van der Waals surface area contributed by atoms with Gasteiger partial charge in [0.05, 0.1) is 18.1 Å². The molecule has 2 saturated heterocycles. The van der Waals surface area contributed by atoms with E-state index >= 15 is 0 Å². The van der Waals surface area contributed by atoms with Crippen molar-refractivity contribution in [2.75, 3.05) is 6.61 Å². The third kappa shape index (κ3) is 2.01. The lowest BCUT2D eigenvalue weighted by atomic mass is 9.82. The fraction of sp³-hybridized carbons (Fsp3) is 0.786. The van der Waals surface area contributed by atoms with Crippen LogP contribution in [0.15, 0.2) is 12.2 Å². The first kappa shape index (κ1) is 12.6. The lowest BCUT2D eigenvalue weighted by molar-refractivity contribution is -0.138. The van der Waals surface area contributed by atoms with Crippen molar-refractivity contribution in [2.45, 2.75) is 52.8 Å². The number of allylic oxidation sites excluding steroid dienone is 1. The summed E-state index contributed by atoms with van der Waals surface area (Å²) in [5, 5.41) is 0. The number of rotatable bonds is 3. The van der Waals surface area contributed by atoms with Crippen LogP contribution >= 0.6 is 0 Å². The average molecular weight is 237 g/mol. The molecule has 3 heteroatoms. The Morgan fingerprint density at radius 1 is 1.65 bits per heavy atom. The standard InChI is InChI=1S/C14H23NO2/c1-9(2)6-14(5)7-12-15(13(14)16)11(8-17-12)10(3)4/h10-12H,1,6-8H2,2-5H3/t11-,12-,14+/m1/s1. The highest BCUT2D eigenvalue weighted by molar-refractivity contribution is 5.85. The van der Waals surface area contributed by atoms with Crippen LogP contribution in [0.1, 0.15) is 40.5 Å². The predicted octanol–water partition coefficient (Wildman–Crippen LogP) is 2.57. The minimum absolute atomic E-state index is 0.000694. The van der Waals surface area contributed by atoms with Crippen LogP contribution in [-0.2, 0) is 9.53 Å². The topological polar surface area (TPSA) is 29.5 Å². The largest absolute Gasteiger partial charge is 0.356 e. The second-order valence-corrected chi connectivity index (χ2v) is 6.21. The molecule has 96 valence electrons. The Morgan fingerprint density at radius 3 is 2.82 bits per heavy atom. The van der Waals surface area contributed by atoms with Gasteiger partial charge in [-0.2, -0.15) is 0 Å². The number of carbonyl (C=O) groups is 1. The Morgan fingerprint density at radius 2 is 2.29 bits per heavy atom. The van der Waals surface area contributed by atoms with Crippen molar-refractivity contribution >= 4 is 5.91 Å². The van der Waals surface area contributed by atoms with Gasteiger partial charge in [-0.3, -0.25) is 4.79 Å². The van der Waals surface area contributed by atoms with E-state index in [1.54, 1.807) is 0 Å². The number of amides is 1. The molecule has 1 amide bonds. The number of nitrogens with zero attached hydrogens (tertiary/aromatic N) is 1. The van der Waals surface area contributed by atoms with Crippen molar-refractivity contribution in [3.63, 3.8) is 0 Å². The van der Waals surface area contributed by atoms with E-state index in [0.717, 1.165) is 18.4 Å². The molecule has 0 aromatic carbocycles. The van der Waals surface area contributed by atoms with Crippen LogP contribution in [-0.4, -0.2) is 29.7 Å². The summed E-state index contributed by atoms with van der Waals surface area (Å²) >= 11 is 0. The van der Waals surface area contributed by atoms with E-state index in [1.807, 2.05) is 18.7 Å². The lowest BCUT2D eigenvalue weighted by Gasteiger charge is -2.28. The first-order valence-corrected chi connectivity index (χ1v) is 6.44. The first-order valence-electron chi connectivity index (χ1n) is 6.44. The van der Waals surface area contributed by atoms with Crippen LogP contribution in [0.25, 0.3) is 0 Å². The van der Waals surface area contributed by atoms with Gasteiger partial charge in [0, 0.05) is 6.42 Å². The second-order valence-electron chi connectivity index (χ2n) is 6.21. The van der Waals surface area contributed by atoms with Gasteiger partial charge in [-0.1, -0.05) is 26.3 Å². The second kappa shape index (κ2) is 4.13. The quantitative estimate of drug-likeness (QED) is 0.706. The number of fused-ring (bicyclic) bond motifs is 1. The summed E-state index contributed by atoms with van der Waals surface area (Å²) in [4.78, 5) is 14.5. The fourth-order valence-electron chi connectivity index (χ4n) is 3.13. The van der Waals surface area contributed by atoms with E-state index < -0.39 is 0 Å². The number of carbonyl (C=O) groups excluding carboxylic acids is 1. The Hall–Kier alpha value is -0.830. The molecule has 2 aliphatic rings. The zero-order chi connectivity index (χ0) is 12.8. The lowest BCUT2D eigenvalue weighted by Crippen LogP contribution is -2.42. The van der Waals surface area contributed by atoms with Crippen LogP contribution in [0.2, 0.25) is 0 Å². The molecule has 0 aromatic rings. The van der Waals surface area contributed by atoms with Gasteiger partial charge in [-0.15, -0.1) is 6.58 Å². The van der Waals surface area contributed by atoms with Crippen molar-refractivity contribution in [3.8, 4) is 0 Å². The summed E-state index contributed by atoms with van der Waals surface area (Å²) < 4.78 is 5.77. The van der Waals surface area contributed by atoms with Crippen molar-refractivity contribution in [2.24, 2.45) is 11.3 Å². The van der Waals surface area contributed by atoms with Gasteiger partial charge >= 0.3 is 0 Å². The monoisotopic (exact) mass is 237 g/mol. The van der Waals surface area contributed by atoms with Crippen LogP contribution < -0.4 is 0 Å². The van der Waals surface area contributed by atoms with Crippen LogP contribution in [0.5, 0.6) is 0 Å². The maximum absolute atomic E-state index is 12.6. The van der Waals surface area contributed by atoms with Gasteiger partial charge in [0.2, 0.25) is 5.91 Å². The highest BCUT2D eigenvalue weighted by Crippen LogP contribution is 2.45. The predicted molar refractivity (Wildman–Crippen MR) is 67.4 cm³/mol. The van der Waals surface area contributed by atoms with E-state index in [1.165, 1.54) is 0 Å². The maximum atomic E-state index is 12.6. The molecule has 2 heterocycles. The molecule has 2 aliphatic heterocycles. The molecule has 0 saturated carbocycles. The van der Waals surface area contributed by atoms with Crippen LogP contribution in [0.4, 0.5) is 0 Å². The molecule has 2 fully saturated rings. The average Bonchev–Trinajstić information content (AvgIpc) is 2.66. The third-order valence-corrected chi connectivity index (χ3v) is 3.96. The summed E-state index contributed by atoms with van der Waals surface area (Å²) in [6.07, 6.45) is 1.58. The smallest absolute Gasteiger partial charge is 0.231 e. The molecule has 2 rings (SSSR count). The van der Waals surface area contributed by atoms with E-state index in [4.69, 9.17) is 4.74 Å². The molecule has 3 nitrogen and oxygen atoms in total. The fourth-order valence-corrected chi connectivity index (χ4v) is 3.13. The van der Waals surface area contributed by atoms with E-state index in [0.29, 0.717) is 12.5 Å². The van der Waals surface area contributed by atoms with E-state index in [9.17, 15) is 4.79 Å². The SMILES string of the molecule is C=C(C)C[C@@]1(C)C[C@H]2OC[C@H](C(C)C)N2C1=O. The molecular formula is C14H23NO2. The Labute approximate surface area is 104 Å². The highest BCUT2D eigenvalue weighted by Gasteiger charge is 2.54. The Balaban J connectivity index is 2.20. The molecule has 0 spiro atoms. The Kier molecular flexibility index (Phi) is 3.06. The molecule has 3 atom stereocenters. The molecule has 0 aliphatic carbocycles. The zero-order valence-corrected chi connectivity index (χ0v) is 11.3. The summed E-state index contributed by atoms with van der Waals surface area (Å²) in [6, 6.07) is 0.249. The van der Waals surface area contributed by atoms with E-state index in [2.05, 4.69) is 20.4 Å². The van der Waals surface area contributed by atoms with Crippen LogP contribution in [0, 0.1) is 11.3 Å². The minimum atomic E-state index is -0.302. The molecule has 17 heavy (non-hydrogen) atoms. The maximum Gasteiger partial charge on any atom is 0.231 e. The van der Waals surface area contributed by atoms with Gasteiger partial charge in [0.25, 0.3) is 0 Å². The van der Waals surface area contributed by atoms with Gasteiger partial charge in [0.15, 0.2) is 0 Å². The van der Waals surface area contributed by atoms with Gasteiger partial charge in [0.1, 0.15) is 6.23 Å². The van der Waals surface area contributed by atoms with Crippen molar-refractivity contribution in [1.82, 2.24) is 4.90 Å². The van der Waals surface area contributed by atoms with Gasteiger partial charge in [-0.25, -0.2) is 0 Å². The number of hydrogen-bond donors (Lipinski definition) is 0. The first-order chi connectivity index (χ1) is 7.85. The number of ether oxygens (including phenoxy) is 1. The summed E-state index contributed by atoms with van der Waals surface area (Å²) in [6.45, 7) is 13.0. The van der Waals surface area contributed by atoms with Gasteiger partial charge < -0.3 is 9.64 Å². The highest BCUT2D eigenvalue weighted by atomic mass is 16.5. The van der Waals surface area contributed by atoms with Crippen molar-refractivity contribution in [3.05, 3.63) is 12.2 Å². The normalized spacial score (nSPS) is 36.8. The molecule has 0 radical (unpaired) electrons. The minimum Gasteiger partial charge on any atom is -0.356 e. The molecule has 0 N–H and O–H groups in total. The summed E-state index contributed by atoms with van der Waals surface area (Å²) in [5.74, 6) is 0.706. The van der Waals surface area contributed by atoms with Crippen molar-refractivity contribution < 1.29 is 9.53 Å². The number of hydrogen-bond acceptors (Lipinski definition) is 2. The summed E-state index contributed by atoms with van der Waals surface area (Å²) in [5.41, 5.74) is 0.771. The summed E-state index contributed by atoms with van der Waals surface area (Å²) in [7, 11) is 0. The zero-order valence-electron chi connectivity index (χ0n) is 11.3. The Bertz CT molecular complexity index is 350. The molecule has 0 unspecified atom stereocenters. The van der Waals surface area contributed by atoms with Crippen molar-refractivity contribution in [1.29, 1.82) is 0 Å². The van der Waals surface area contributed by atoms with Crippen LogP contribution in [0.3, 0.4) is 0 Å². The van der Waals surface area contributed by atoms with Gasteiger partial charge in [-0.05, 0) is 19.3 Å². The molecule has 0 bridgehead atoms.